The van der Waals surface area contributed by atoms with Gasteiger partial charge in [-0.05, 0) is 76.5 Å². The Morgan fingerprint density at radius 2 is 1.23 bits per heavy atom. The van der Waals surface area contributed by atoms with Crippen LogP contribution in [0.2, 0.25) is 0 Å². The Morgan fingerprint density at radius 1 is 0.513 bits per heavy atom. The summed E-state index contributed by atoms with van der Waals surface area (Å²) >= 11 is 0. The lowest BCUT2D eigenvalue weighted by Gasteiger charge is -2.34. The standard InChI is InChI=1S/C37H27NO/c1-37(2)31-13-7-9-15-35(31)39-36-19-18-25(22-32(36)37)24-16-17-26-23-34-30(21-27(26)20-24)29-12-6-8-14-33(29)38(34)28-10-4-3-5-11-28/h3-23H,1-2H3. The second-order valence-corrected chi connectivity index (χ2v) is 11.1. The van der Waals surface area contributed by atoms with Crippen molar-refractivity contribution in [3.8, 4) is 28.3 Å². The normalized spacial score (nSPS) is 13.8. The Kier molecular flexibility index (Phi) is 4.60. The van der Waals surface area contributed by atoms with Crippen molar-refractivity contribution in [3.63, 3.8) is 0 Å². The first kappa shape index (κ1) is 22.2. The predicted molar refractivity (Wildman–Crippen MR) is 162 cm³/mol. The molecule has 0 bridgehead atoms. The number of benzene rings is 6. The van der Waals surface area contributed by atoms with Gasteiger partial charge in [-0.25, -0.2) is 0 Å². The molecule has 2 heterocycles. The minimum absolute atomic E-state index is 0.136. The molecule has 2 nitrogen and oxygen atoms in total. The fourth-order valence-electron chi connectivity index (χ4n) is 6.37. The van der Waals surface area contributed by atoms with Crippen LogP contribution in [0.5, 0.6) is 11.5 Å². The molecule has 7 aromatic rings. The van der Waals surface area contributed by atoms with E-state index in [1.165, 1.54) is 60.5 Å². The lowest BCUT2D eigenvalue weighted by atomic mass is 9.75. The third kappa shape index (κ3) is 3.28. The lowest BCUT2D eigenvalue weighted by Crippen LogP contribution is -2.24. The van der Waals surface area contributed by atoms with E-state index in [2.05, 4.69) is 140 Å². The molecule has 0 amide bonds. The summed E-state index contributed by atoms with van der Waals surface area (Å²) in [5, 5.41) is 5.03. The highest BCUT2D eigenvalue weighted by molar-refractivity contribution is 6.13. The van der Waals surface area contributed by atoms with Crippen molar-refractivity contribution >= 4 is 32.6 Å². The molecule has 1 aliphatic rings. The van der Waals surface area contributed by atoms with Gasteiger partial charge < -0.3 is 9.30 Å². The van der Waals surface area contributed by atoms with E-state index in [-0.39, 0.29) is 5.41 Å². The van der Waals surface area contributed by atoms with Crippen LogP contribution in [0.4, 0.5) is 0 Å². The van der Waals surface area contributed by atoms with Crippen molar-refractivity contribution in [1.29, 1.82) is 0 Å². The van der Waals surface area contributed by atoms with Crippen LogP contribution in [-0.2, 0) is 5.41 Å². The summed E-state index contributed by atoms with van der Waals surface area (Å²) in [6.07, 6.45) is 0. The third-order valence-corrected chi connectivity index (χ3v) is 8.41. The Hall–Kier alpha value is -4.82. The second kappa shape index (κ2) is 8.09. The topological polar surface area (TPSA) is 14.2 Å². The van der Waals surface area contributed by atoms with Crippen molar-refractivity contribution < 1.29 is 4.74 Å². The molecule has 2 heteroatoms. The van der Waals surface area contributed by atoms with Crippen molar-refractivity contribution in [2.24, 2.45) is 0 Å². The van der Waals surface area contributed by atoms with Gasteiger partial charge in [0.25, 0.3) is 0 Å². The van der Waals surface area contributed by atoms with E-state index >= 15 is 0 Å². The molecule has 0 saturated carbocycles. The van der Waals surface area contributed by atoms with Gasteiger partial charge in [0.1, 0.15) is 11.5 Å². The van der Waals surface area contributed by atoms with Crippen LogP contribution in [-0.4, -0.2) is 4.57 Å². The minimum Gasteiger partial charge on any atom is -0.457 e. The molecule has 0 atom stereocenters. The van der Waals surface area contributed by atoms with Gasteiger partial charge in [-0.3, -0.25) is 0 Å². The number of rotatable bonds is 2. The number of fused-ring (bicyclic) bond motifs is 6. The zero-order valence-electron chi connectivity index (χ0n) is 22.0. The average molecular weight is 502 g/mol. The Morgan fingerprint density at radius 3 is 2.13 bits per heavy atom. The van der Waals surface area contributed by atoms with E-state index < -0.39 is 0 Å². The van der Waals surface area contributed by atoms with Gasteiger partial charge in [0.2, 0.25) is 0 Å². The van der Waals surface area contributed by atoms with E-state index in [1.54, 1.807) is 0 Å². The molecule has 1 aromatic heterocycles. The molecule has 0 spiro atoms. The summed E-state index contributed by atoms with van der Waals surface area (Å²) in [4.78, 5) is 0. The maximum atomic E-state index is 6.30. The van der Waals surface area contributed by atoms with Gasteiger partial charge in [0.15, 0.2) is 0 Å². The van der Waals surface area contributed by atoms with Gasteiger partial charge in [-0.1, -0.05) is 86.6 Å². The van der Waals surface area contributed by atoms with Crippen LogP contribution in [0.3, 0.4) is 0 Å². The first-order valence-corrected chi connectivity index (χ1v) is 13.5. The first-order valence-electron chi connectivity index (χ1n) is 13.5. The summed E-state index contributed by atoms with van der Waals surface area (Å²) in [5.74, 6) is 1.89. The summed E-state index contributed by atoms with van der Waals surface area (Å²) in [6, 6.07) is 45.9. The number of hydrogen-bond acceptors (Lipinski definition) is 1. The molecule has 0 unspecified atom stereocenters. The van der Waals surface area contributed by atoms with Crippen LogP contribution in [0.1, 0.15) is 25.0 Å². The second-order valence-electron chi connectivity index (χ2n) is 11.1. The van der Waals surface area contributed by atoms with E-state index in [0.717, 1.165) is 11.5 Å². The average Bonchev–Trinajstić information content (AvgIpc) is 3.29. The SMILES string of the molecule is CC1(C)c2ccccc2Oc2ccc(-c3ccc4cc5c(cc4c3)c3ccccc3n5-c3ccccc3)cc21. The van der Waals surface area contributed by atoms with Crippen molar-refractivity contribution in [3.05, 3.63) is 139 Å². The Labute approximate surface area is 227 Å². The van der Waals surface area contributed by atoms with Crippen LogP contribution >= 0.6 is 0 Å². The van der Waals surface area contributed by atoms with Crippen molar-refractivity contribution in [2.45, 2.75) is 19.3 Å². The molecule has 6 aromatic carbocycles. The molecule has 0 saturated heterocycles. The quantitative estimate of drug-likeness (QED) is 0.230. The van der Waals surface area contributed by atoms with E-state index in [4.69, 9.17) is 4.74 Å². The van der Waals surface area contributed by atoms with Gasteiger partial charge in [-0.2, -0.15) is 0 Å². The van der Waals surface area contributed by atoms with Crippen molar-refractivity contribution in [1.82, 2.24) is 4.57 Å². The predicted octanol–water partition coefficient (Wildman–Crippen LogP) is 10.0. The molecule has 186 valence electrons. The zero-order chi connectivity index (χ0) is 26.1. The maximum absolute atomic E-state index is 6.30. The number of aromatic nitrogens is 1. The molecule has 0 aliphatic carbocycles. The van der Waals surface area contributed by atoms with Gasteiger partial charge in [0.05, 0.1) is 11.0 Å². The highest BCUT2D eigenvalue weighted by Gasteiger charge is 2.34. The molecule has 0 radical (unpaired) electrons. The lowest BCUT2D eigenvalue weighted by molar-refractivity contribution is 0.418. The molecule has 39 heavy (non-hydrogen) atoms. The van der Waals surface area contributed by atoms with Crippen molar-refractivity contribution in [2.75, 3.05) is 0 Å². The zero-order valence-corrected chi connectivity index (χ0v) is 22.0. The van der Waals surface area contributed by atoms with Gasteiger partial charge in [-0.15, -0.1) is 0 Å². The summed E-state index contributed by atoms with van der Waals surface area (Å²) in [7, 11) is 0. The maximum Gasteiger partial charge on any atom is 0.131 e. The fourth-order valence-corrected chi connectivity index (χ4v) is 6.37. The van der Waals surface area contributed by atoms with Gasteiger partial charge >= 0.3 is 0 Å². The number of para-hydroxylation sites is 3. The summed E-state index contributed by atoms with van der Waals surface area (Å²) in [5.41, 5.74) is 8.37. The highest BCUT2D eigenvalue weighted by atomic mass is 16.5. The first-order chi connectivity index (χ1) is 19.1. The monoisotopic (exact) mass is 501 g/mol. The number of hydrogen-bond donors (Lipinski definition) is 0. The molecule has 0 N–H and O–H groups in total. The molecule has 1 aliphatic heterocycles. The number of nitrogens with zero attached hydrogens (tertiary/aromatic N) is 1. The number of ether oxygens (including phenoxy) is 1. The molecular formula is C37H27NO. The summed E-state index contributed by atoms with van der Waals surface area (Å²) < 4.78 is 8.68. The Balaban J connectivity index is 1.30. The van der Waals surface area contributed by atoms with E-state index in [1.807, 2.05) is 6.07 Å². The molecule has 8 rings (SSSR count). The van der Waals surface area contributed by atoms with E-state index in [9.17, 15) is 0 Å². The molecular weight excluding hydrogens is 474 g/mol. The minimum atomic E-state index is -0.136. The van der Waals surface area contributed by atoms with E-state index in [0.29, 0.717) is 0 Å². The van der Waals surface area contributed by atoms with Crippen LogP contribution in [0.25, 0.3) is 49.4 Å². The van der Waals surface area contributed by atoms with Crippen LogP contribution < -0.4 is 4.74 Å². The fraction of sp³-hybridized carbons (Fsp3) is 0.0811. The third-order valence-electron chi connectivity index (χ3n) is 8.41. The largest absolute Gasteiger partial charge is 0.457 e. The Bertz CT molecular complexity index is 2060. The van der Waals surface area contributed by atoms with Crippen LogP contribution in [0.15, 0.2) is 127 Å². The highest BCUT2D eigenvalue weighted by Crippen LogP contribution is 2.48. The van der Waals surface area contributed by atoms with Gasteiger partial charge in [0, 0.05) is 33.0 Å². The smallest absolute Gasteiger partial charge is 0.131 e. The summed E-state index contributed by atoms with van der Waals surface area (Å²) in [6.45, 7) is 4.58. The molecule has 0 fully saturated rings. The van der Waals surface area contributed by atoms with Crippen LogP contribution in [0, 0.1) is 0 Å².